The quantitative estimate of drug-likeness (QED) is 0.917. The number of benzene rings is 1. The van der Waals surface area contributed by atoms with E-state index in [4.69, 9.17) is 0 Å². The Morgan fingerprint density at radius 1 is 1.22 bits per heavy atom. The molecule has 100 valence electrons. The Balaban J connectivity index is 2.05. The number of nitrogens with one attached hydrogen (secondary N) is 1. The van der Waals surface area contributed by atoms with Crippen molar-refractivity contribution in [1.82, 2.24) is 4.31 Å². The average Bonchev–Trinajstić information content (AvgIpc) is 2.32. The number of hydrogen-bond donors (Lipinski definition) is 1. The summed E-state index contributed by atoms with van der Waals surface area (Å²) in [6, 6.07) is 5.30. The SMILES string of the molecule is CC1CCN(S(=O)(=O)Nc2ccc(F)cc2)CC1. The molecule has 1 aromatic carbocycles. The van der Waals surface area contributed by atoms with E-state index < -0.39 is 10.2 Å². The molecular weight excluding hydrogens is 255 g/mol. The van der Waals surface area contributed by atoms with Gasteiger partial charge in [-0.05, 0) is 43.0 Å². The van der Waals surface area contributed by atoms with Crippen molar-refractivity contribution in [2.45, 2.75) is 19.8 Å². The fourth-order valence-corrected chi connectivity index (χ4v) is 3.21. The van der Waals surface area contributed by atoms with Crippen LogP contribution in [-0.4, -0.2) is 25.8 Å². The molecule has 0 spiro atoms. The number of anilines is 1. The van der Waals surface area contributed by atoms with Crippen molar-refractivity contribution in [2.75, 3.05) is 17.8 Å². The molecule has 1 aromatic rings. The highest BCUT2D eigenvalue weighted by molar-refractivity contribution is 7.90. The lowest BCUT2D eigenvalue weighted by Gasteiger charge is -2.29. The van der Waals surface area contributed by atoms with Crippen LogP contribution in [0.3, 0.4) is 0 Å². The first kappa shape index (κ1) is 13.3. The number of piperidine rings is 1. The maximum Gasteiger partial charge on any atom is 0.301 e. The van der Waals surface area contributed by atoms with E-state index in [1.807, 2.05) is 0 Å². The van der Waals surface area contributed by atoms with Gasteiger partial charge in [-0.2, -0.15) is 12.7 Å². The second-order valence-electron chi connectivity index (χ2n) is 4.70. The van der Waals surface area contributed by atoms with Gasteiger partial charge in [0.05, 0.1) is 0 Å². The van der Waals surface area contributed by atoms with Gasteiger partial charge in [-0.1, -0.05) is 6.92 Å². The number of nitrogens with zero attached hydrogens (tertiary/aromatic N) is 1. The van der Waals surface area contributed by atoms with Crippen molar-refractivity contribution in [1.29, 1.82) is 0 Å². The number of halogens is 1. The maximum atomic E-state index is 12.7. The summed E-state index contributed by atoms with van der Waals surface area (Å²) in [6.07, 6.45) is 1.76. The van der Waals surface area contributed by atoms with Crippen LogP contribution in [0.4, 0.5) is 10.1 Å². The van der Waals surface area contributed by atoms with Crippen LogP contribution < -0.4 is 4.72 Å². The predicted molar refractivity (Wildman–Crippen MR) is 68.9 cm³/mol. The summed E-state index contributed by atoms with van der Waals surface area (Å²) in [4.78, 5) is 0. The molecule has 0 aliphatic carbocycles. The van der Waals surface area contributed by atoms with Gasteiger partial charge < -0.3 is 0 Å². The van der Waals surface area contributed by atoms with E-state index in [9.17, 15) is 12.8 Å². The van der Waals surface area contributed by atoms with Gasteiger partial charge >= 0.3 is 10.2 Å². The molecule has 1 heterocycles. The number of rotatable bonds is 3. The molecule has 1 fully saturated rings. The van der Waals surface area contributed by atoms with Gasteiger partial charge in [0, 0.05) is 18.8 Å². The highest BCUT2D eigenvalue weighted by Crippen LogP contribution is 2.20. The van der Waals surface area contributed by atoms with Crippen LogP contribution in [-0.2, 0) is 10.2 Å². The second-order valence-corrected chi connectivity index (χ2v) is 6.37. The maximum absolute atomic E-state index is 12.7. The van der Waals surface area contributed by atoms with Crippen LogP contribution in [0.2, 0.25) is 0 Å². The molecule has 0 unspecified atom stereocenters. The molecule has 0 saturated carbocycles. The minimum Gasteiger partial charge on any atom is -0.271 e. The second kappa shape index (κ2) is 5.24. The normalized spacial score (nSPS) is 18.8. The number of hydrogen-bond acceptors (Lipinski definition) is 2. The Hall–Kier alpha value is -1.14. The van der Waals surface area contributed by atoms with Crippen LogP contribution in [0, 0.1) is 11.7 Å². The van der Waals surface area contributed by atoms with E-state index in [0.717, 1.165) is 12.8 Å². The molecule has 1 N–H and O–H groups in total. The minimum atomic E-state index is -3.51. The first-order valence-corrected chi connectivity index (χ1v) is 7.45. The van der Waals surface area contributed by atoms with Crippen LogP contribution in [0.1, 0.15) is 19.8 Å². The third-order valence-corrected chi connectivity index (χ3v) is 4.71. The van der Waals surface area contributed by atoms with Gasteiger partial charge in [0.2, 0.25) is 0 Å². The zero-order chi connectivity index (χ0) is 13.2. The van der Waals surface area contributed by atoms with Gasteiger partial charge in [0.15, 0.2) is 0 Å². The van der Waals surface area contributed by atoms with Crippen LogP contribution >= 0.6 is 0 Å². The summed E-state index contributed by atoms with van der Waals surface area (Å²) < 4.78 is 40.8. The Bertz CT molecular complexity index is 493. The summed E-state index contributed by atoms with van der Waals surface area (Å²) in [5.74, 6) is 0.187. The molecule has 0 aromatic heterocycles. The molecule has 1 aliphatic rings. The zero-order valence-electron chi connectivity index (χ0n) is 10.3. The molecule has 18 heavy (non-hydrogen) atoms. The van der Waals surface area contributed by atoms with Crippen molar-refractivity contribution >= 4 is 15.9 Å². The Morgan fingerprint density at radius 3 is 2.33 bits per heavy atom. The third kappa shape index (κ3) is 3.20. The van der Waals surface area contributed by atoms with E-state index in [-0.39, 0.29) is 5.82 Å². The van der Waals surface area contributed by atoms with Crippen LogP contribution in [0.5, 0.6) is 0 Å². The van der Waals surface area contributed by atoms with E-state index in [1.54, 1.807) is 0 Å². The van der Waals surface area contributed by atoms with Crippen molar-refractivity contribution in [2.24, 2.45) is 5.92 Å². The fraction of sp³-hybridized carbons (Fsp3) is 0.500. The smallest absolute Gasteiger partial charge is 0.271 e. The summed E-state index contributed by atoms with van der Waals surface area (Å²) in [5, 5.41) is 0. The van der Waals surface area contributed by atoms with Gasteiger partial charge in [0.25, 0.3) is 0 Å². The first-order chi connectivity index (χ1) is 8.47. The summed E-state index contributed by atoms with van der Waals surface area (Å²) in [5.41, 5.74) is 0.384. The Kier molecular flexibility index (Phi) is 3.87. The highest BCUT2D eigenvalue weighted by atomic mass is 32.2. The molecule has 2 rings (SSSR count). The van der Waals surface area contributed by atoms with Crippen molar-refractivity contribution < 1.29 is 12.8 Å². The minimum absolute atomic E-state index is 0.384. The van der Waals surface area contributed by atoms with E-state index in [1.165, 1.54) is 28.6 Å². The molecule has 6 heteroatoms. The summed E-state index contributed by atoms with van der Waals surface area (Å²) in [7, 11) is -3.51. The van der Waals surface area contributed by atoms with Gasteiger partial charge in [0.1, 0.15) is 5.82 Å². The standard InChI is InChI=1S/C12H17FN2O2S/c1-10-6-8-15(9-7-10)18(16,17)14-12-4-2-11(13)3-5-12/h2-5,10,14H,6-9H2,1H3. The monoisotopic (exact) mass is 272 g/mol. The summed E-state index contributed by atoms with van der Waals surface area (Å²) in [6.45, 7) is 3.20. The lowest BCUT2D eigenvalue weighted by Crippen LogP contribution is -2.41. The van der Waals surface area contributed by atoms with Crippen molar-refractivity contribution in [3.8, 4) is 0 Å². The third-order valence-electron chi connectivity index (χ3n) is 3.17. The largest absolute Gasteiger partial charge is 0.301 e. The van der Waals surface area contributed by atoms with E-state index >= 15 is 0 Å². The van der Waals surface area contributed by atoms with Crippen molar-refractivity contribution in [3.05, 3.63) is 30.1 Å². The lowest BCUT2D eigenvalue weighted by molar-refractivity contribution is 0.289. The summed E-state index contributed by atoms with van der Waals surface area (Å²) >= 11 is 0. The molecule has 4 nitrogen and oxygen atoms in total. The lowest BCUT2D eigenvalue weighted by atomic mass is 10.0. The molecular formula is C12H17FN2O2S. The fourth-order valence-electron chi connectivity index (χ4n) is 1.96. The molecule has 1 saturated heterocycles. The highest BCUT2D eigenvalue weighted by Gasteiger charge is 2.26. The van der Waals surface area contributed by atoms with E-state index in [0.29, 0.717) is 24.7 Å². The molecule has 0 amide bonds. The topological polar surface area (TPSA) is 49.4 Å². The van der Waals surface area contributed by atoms with Gasteiger partial charge in [-0.25, -0.2) is 4.39 Å². The Morgan fingerprint density at radius 2 is 1.78 bits per heavy atom. The predicted octanol–water partition coefficient (Wildman–Crippen LogP) is 2.21. The Labute approximate surface area is 107 Å². The zero-order valence-corrected chi connectivity index (χ0v) is 11.1. The molecule has 0 atom stereocenters. The van der Waals surface area contributed by atoms with Crippen LogP contribution in [0.25, 0.3) is 0 Å². The first-order valence-electron chi connectivity index (χ1n) is 6.01. The van der Waals surface area contributed by atoms with Crippen molar-refractivity contribution in [3.63, 3.8) is 0 Å². The van der Waals surface area contributed by atoms with Crippen LogP contribution in [0.15, 0.2) is 24.3 Å². The van der Waals surface area contributed by atoms with Gasteiger partial charge in [-0.15, -0.1) is 0 Å². The molecule has 0 bridgehead atoms. The van der Waals surface area contributed by atoms with E-state index in [2.05, 4.69) is 11.6 Å². The molecule has 1 aliphatic heterocycles. The average molecular weight is 272 g/mol. The molecule has 0 radical (unpaired) electrons. The van der Waals surface area contributed by atoms with Gasteiger partial charge in [-0.3, -0.25) is 4.72 Å².